The van der Waals surface area contributed by atoms with Gasteiger partial charge in [0.05, 0.1) is 11.8 Å². The van der Waals surface area contributed by atoms with Crippen molar-refractivity contribution in [3.63, 3.8) is 0 Å². The van der Waals surface area contributed by atoms with Gasteiger partial charge in [-0.1, -0.05) is 42.0 Å². The Kier molecular flexibility index (Phi) is 4.86. The number of pyridine rings is 1. The van der Waals surface area contributed by atoms with Crippen molar-refractivity contribution in [1.29, 1.82) is 0 Å². The third kappa shape index (κ3) is 3.42. The molecular weight excluding hydrogens is 336 g/mol. The maximum absolute atomic E-state index is 12.8. The molecule has 0 amide bonds. The molecule has 0 atom stereocenters. The Bertz CT molecular complexity index is 1040. The summed E-state index contributed by atoms with van der Waals surface area (Å²) in [6.07, 6.45) is 8.74. The number of nitrogens with one attached hydrogen (secondary N) is 1. The van der Waals surface area contributed by atoms with Crippen LogP contribution in [-0.4, -0.2) is 20.0 Å². The number of aromatic amines is 1. The van der Waals surface area contributed by atoms with Gasteiger partial charge >= 0.3 is 0 Å². The van der Waals surface area contributed by atoms with Crippen molar-refractivity contribution in [2.75, 3.05) is 0 Å². The van der Waals surface area contributed by atoms with E-state index >= 15 is 0 Å². The molecule has 5 nitrogen and oxygen atoms in total. The first-order chi connectivity index (χ1) is 12.0. The fraction of sp³-hybridized carbons (Fsp3) is 0.211. The van der Waals surface area contributed by atoms with Gasteiger partial charge in [0, 0.05) is 28.5 Å². The second kappa shape index (κ2) is 7.07. The molecule has 0 aliphatic heterocycles. The first-order valence-electron chi connectivity index (χ1n) is 8.07. The zero-order valence-electron chi connectivity index (χ0n) is 14.4. The van der Waals surface area contributed by atoms with Gasteiger partial charge in [-0.2, -0.15) is 0 Å². The van der Waals surface area contributed by atoms with E-state index in [1.807, 2.05) is 31.2 Å². The number of hydrogen-bond acceptors (Lipinski definition) is 3. The average molecular weight is 355 g/mol. The lowest BCUT2D eigenvalue weighted by Gasteiger charge is -2.12. The quantitative estimate of drug-likeness (QED) is 0.708. The van der Waals surface area contributed by atoms with Crippen molar-refractivity contribution in [2.24, 2.45) is 7.05 Å². The summed E-state index contributed by atoms with van der Waals surface area (Å²) in [6, 6.07) is 5.45. The number of benzene rings is 1. The predicted molar refractivity (Wildman–Crippen MR) is 103 cm³/mol. The molecular formula is C19H19ClN4O. The molecule has 25 heavy (non-hydrogen) atoms. The zero-order chi connectivity index (χ0) is 18.0. The Hall–Kier alpha value is -2.66. The summed E-state index contributed by atoms with van der Waals surface area (Å²) in [5.74, 6) is 0. The minimum Gasteiger partial charge on any atom is -0.321 e. The Morgan fingerprint density at radius 3 is 2.88 bits per heavy atom. The van der Waals surface area contributed by atoms with E-state index in [0.717, 1.165) is 28.5 Å². The van der Waals surface area contributed by atoms with Gasteiger partial charge in [0.25, 0.3) is 5.56 Å². The number of hydrogen-bond donors (Lipinski definition) is 1. The van der Waals surface area contributed by atoms with Gasteiger partial charge in [-0.05, 0) is 37.1 Å². The van der Waals surface area contributed by atoms with E-state index in [1.165, 1.54) is 0 Å². The van der Waals surface area contributed by atoms with Crippen molar-refractivity contribution in [3.05, 3.63) is 63.6 Å². The molecule has 1 N–H and O–H groups in total. The van der Waals surface area contributed by atoms with Crippen LogP contribution in [-0.2, 0) is 7.05 Å². The Balaban J connectivity index is 2.39. The highest BCUT2D eigenvalue weighted by Crippen LogP contribution is 2.32. The molecule has 0 radical (unpaired) electrons. The van der Waals surface area contributed by atoms with Crippen LogP contribution in [0, 0.1) is 0 Å². The molecule has 0 aliphatic carbocycles. The monoisotopic (exact) mass is 354 g/mol. The van der Waals surface area contributed by atoms with E-state index in [0.29, 0.717) is 16.3 Å². The molecule has 2 heterocycles. The number of rotatable bonds is 4. The highest BCUT2D eigenvalue weighted by atomic mass is 35.5. The predicted octanol–water partition coefficient (Wildman–Crippen LogP) is 4.35. The van der Waals surface area contributed by atoms with Crippen molar-refractivity contribution >= 4 is 28.1 Å². The van der Waals surface area contributed by atoms with E-state index in [-0.39, 0.29) is 5.56 Å². The molecule has 0 aliphatic rings. The summed E-state index contributed by atoms with van der Waals surface area (Å²) < 4.78 is 1.58. The van der Waals surface area contributed by atoms with E-state index in [4.69, 9.17) is 11.6 Å². The standard InChI is InChI=1S/C19H19ClN4O/c1-4-5-6-7-12(2)17-14-10-13(20)8-9-15(14)21-19(25)18(17)16-11-24(3)23-22-16/h5-11H,4H2,1-3H3,(H,21,25)/b6-5-,12-7+. The molecule has 0 fully saturated rings. The van der Waals surface area contributed by atoms with Gasteiger partial charge < -0.3 is 4.98 Å². The fourth-order valence-electron chi connectivity index (χ4n) is 2.81. The number of fused-ring (bicyclic) bond motifs is 1. The van der Waals surface area contributed by atoms with Crippen molar-refractivity contribution < 1.29 is 0 Å². The van der Waals surface area contributed by atoms with Crippen LogP contribution in [0.15, 0.2) is 47.4 Å². The first-order valence-corrected chi connectivity index (χ1v) is 8.45. The molecule has 0 saturated heterocycles. The maximum atomic E-state index is 12.8. The Labute approximate surface area is 150 Å². The Morgan fingerprint density at radius 2 is 2.20 bits per heavy atom. The highest BCUT2D eigenvalue weighted by Gasteiger charge is 2.18. The Morgan fingerprint density at radius 1 is 1.40 bits per heavy atom. The van der Waals surface area contributed by atoms with Gasteiger partial charge in [-0.15, -0.1) is 5.10 Å². The largest absolute Gasteiger partial charge is 0.321 e. The van der Waals surface area contributed by atoms with E-state index in [9.17, 15) is 4.79 Å². The fourth-order valence-corrected chi connectivity index (χ4v) is 2.99. The lowest BCUT2D eigenvalue weighted by atomic mass is 9.95. The third-order valence-corrected chi connectivity index (χ3v) is 4.18. The maximum Gasteiger partial charge on any atom is 0.258 e. The molecule has 3 aromatic rings. The molecule has 6 heteroatoms. The molecule has 0 unspecified atom stereocenters. The molecule has 2 aromatic heterocycles. The summed E-state index contributed by atoms with van der Waals surface area (Å²) in [7, 11) is 1.77. The second-order valence-corrected chi connectivity index (χ2v) is 6.29. The van der Waals surface area contributed by atoms with Gasteiger partial charge in [-0.25, -0.2) is 0 Å². The van der Waals surface area contributed by atoms with Crippen LogP contribution < -0.4 is 5.56 Å². The lowest BCUT2D eigenvalue weighted by Crippen LogP contribution is -2.12. The van der Waals surface area contributed by atoms with Crippen LogP contribution in [0.2, 0.25) is 5.02 Å². The van der Waals surface area contributed by atoms with Crippen molar-refractivity contribution in [2.45, 2.75) is 20.3 Å². The van der Waals surface area contributed by atoms with E-state index in [2.05, 4.69) is 28.3 Å². The van der Waals surface area contributed by atoms with Gasteiger partial charge in [0.1, 0.15) is 5.69 Å². The summed E-state index contributed by atoms with van der Waals surface area (Å²) >= 11 is 6.21. The van der Waals surface area contributed by atoms with Crippen molar-refractivity contribution in [1.82, 2.24) is 20.0 Å². The second-order valence-electron chi connectivity index (χ2n) is 5.86. The minimum atomic E-state index is -0.197. The number of aromatic nitrogens is 4. The summed E-state index contributed by atoms with van der Waals surface area (Å²) in [5.41, 5.74) is 3.36. The van der Waals surface area contributed by atoms with Crippen LogP contribution in [0.1, 0.15) is 25.8 Å². The minimum absolute atomic E-state index is 0.197. The zero-order valence-corrected chi connectivity index (χ0v) is 15.1. The molecule has 3 rings (SSSR count). The van der Waals surface area contributed by atoms with Gasteiger partial charge in [0.2, 0.25) is 0 Å². The SMILES string of the molecule is CC/C=C\C=C(/C)c1c(-c2cn(C)nn2)c(=O)[nH]c2ccc(Cl)cc12. The lowest BCUT2D eigenvalue weighted by molar-refractivity contribution is 0.715. The molecule has 0 saturated carbocycles. The van der Waals surface area contributed by atoms with Crippen molar-refractivity contribution in [3.8, 4) is 11.3 Å². The van der Waals surface area contributed by atoms with Gasteiger partial charge in [0.15, 0.2) is 0 Å². The molecule has 0 spiro atoms. The highest BCUT2D eigenvalue weighted by molar-refractivity contribution is 6.31. The van der Waals surface area contributed by atoms with Crippen LogP contribution in [0.4, 0.5) is 0 Å². The number of H-pyrrole nitrogens is 1. The molecule has 1 aromatic carbocycles. The van der Waals surface area contributed by atoms with Crippen LogP contribution >= 0.6 is 11.6 Å². The van der Waals surface area contributed by atoms with Crippen LogP contribution in [0.25, 0.3) is 27.7 Å². The van der Waals surface area contributed by atoms with Crippen LogP contribution in [0.5, 0.6) is 0 Å². The number of aryl methyl sites for hydroxylation is 1. The van der Waals surface area contributed by atoms with E-state index in [1.54, 1.807) is 24.0 Å². The van der Waals surface area contributed by atoms with Crippen LogP contribution in [0.3, 0.4) is 0 Å². The average Bonchev–Trinajstić information content (AvgIpc) is 3.00. The summed E-state index contributed by atoms with van der Waals surface area (Å²) in [4.78, 5) is 15.7. The topological polar surface area (TPSA) is 63.6 Å². The number of halogens is 1. The number of allylic oxidation sites excluding steroid dienone is 4. The summed E-state index contributed by atoms with van der Waals surface area (Å²) in [5, 5.41) is 9.59. The number of nitrogens with zero attached hydrogens (tertiary/aromatic N) is 3. The molecule has 128 valence electrons. The first kappa shape index (κ1) is 17.2. The summed E-state index contributed by atoms with van der Waals surface area (Å²) in [6.45, 7) is 4.06. The molecule has 0 bridgehead atoms. The smallest absolute Gasteiger partial charge is 0.258 e. The third-order valence-electron chi connectivity index (χ3n) is 3.95. The van der Waals surface area contributed by atoms with E-state index < -0.39 is 0 Å². The normalized spacial score (nSPS) is 12.4. The van der Waals surface area contributed by atoms with Gasteiger partial charge in [-0.3, -0.25) is 9.48 Å².